The first-order valence-corrected chi connectivity index (χ1v) is 5.98. The van der Waals surface area contributed by atoms with Crippen molar-refractivity contribution in [3.8, 4) is 5.75 Å². The van der Waals surface area contributed by atoms with Gasteiger partial charge in [0.05, 0.1) is 13.5 Å². The number of nitrogens with zero attached hydrogens (tertiary/aromatic N) is 1. The van der Waals surface area contributed by atoms with E-state index < -0.39 is 30.4 Å². The average molecular weight is 296 g/mol. The number of benzene rings is 1. The summed E-state index contributed by atoms with van der Waals surface area (Å²) in [5.74, 6) is -2.19. The Morgan fingerprint density at radius 3 is 2.52 bits per heavy atom. The van der Waals surface area contributed by atoms with Crippen molar-refractivity contribution in [3.05, 3.63) is 24.3 Å². The van der Waals surface area contributed by atoms with E-state index in [1.165, 1.54) is 19.1 Å². The molecular formula is C13H16N2O6. The predicted octanol–water partition coefficient (Wildman–Crippen LogP) is 0.769. The van der Waals surface area contributed by atoms with Gasteiger partial charge in [0, 0.05) is 18.8 Å². The van der Waals surface area contributed by atoms with E-state index in [0.29, 0.717) is 11.4 Å². The van der Waals surface area contributed by atoms with E-state index in [0.717, 1.165) is 0 Å². The molecular weight excluding hydrogens is 280 g/mol. The molecule has 0 saturated heterocycles. The van der Waals surface area contributed by atoms with Gasteiger partial charge in [-0.15, -0.1) is 0 Å². The van der Waals surface area contributed by atoms with E-state index in [-0.39, 0.29) is 0 Å². The Kier molecular flexibility index (Phi) is 5.53. The van der Waals surface area contributed by atoms with Crippen LogP contribution in [0.4, 0.5) is 10.5 Å². The first-order chi connectivity index (χ1) is 9.85. The maximum Gasteiger partial charge on any atom is 0.326 e. The first kappa shape index (κ1) is 16.3. The number of methoxy groups -OCH3 is 1. The number of carbonyl (C=O) groups excluding carboxylic acids is 1. The largest absolute Gasteiger partial charge is 0.497 e. The lowest BCUT2D eigenvalue weighted by atomic mass is 10.2. The summed E-state index contributed by atoms with van der Waals surface area (Å²) < 4.78 is 5.03. The van der Waals surface area contributed by atoms with Crippen LogP contribution in [0.1, 0.15) is 6.42 Å². The Balaban J connectivity index is 2.81. The smallest absolute Gasteiger partial charge is 0.326 e. The van der Waals surface area contributed by atoms with Crippen LogP contribution in [0.25, 0.3) is 0 Å². The second-order valence-corrected chi connectivity index (χ2v) is 4.20. The molecule has 1 aromatic rings. The fourth-order valence-electron chi connectivity index (χ4n) is 1.56. The van der Waals surface area contributed by atoms with Crippen molar-refractivity contribution in [2.24, 2.45) is 0 Å². The summed E-state index contributed by atoms with van der Waals surface area (Å²) in [6.07, 6.45) is -0.701. The topological polar surface area (TPSA) is 116 Å². The molecule has 0 aromatic heterocycles. The van der Waals surface area contributed by atoms with Gasteiger partial charge in [0.15, 0.2) is 0 Å². The Morgan fingerprint density at radius 1 is 1.33 bits per heavy atom. The number of nitrogens with one attached hydrogen (secondary N) is 1. The minimum absolute atomic E-state index is 0.478. The monoisotopic (exact) mass is 296 g/mol. The van der Waals surface area contributed by atoms with Gasteiger partial charge < -0.3 is 20.3 Å². The minimum atomic E-state index is -1.50. The Hall–Kier alpha value is -2.77. The van der Waals surface area contributed by atoms with E-state index >= 15 is 0 Å². The maximum absolute atomic E-state index is 12.0. The molecule has 1 rings (SSSR count). The number of aliphatic carboxylic acids is 2. The number of carboxylic acid groups (broad SMARTS) is 2. The maximum atomic E-state index is 12.0. The first-order valence-electron chi connectivity index (χ1n) is 5.98. The number of amides is 2. The van der Waals surface area contributed by atoms with Crippen molar-refractivity contribution in [1.82, 2.24) is 5.32 Å². The zero-order valence-electron chi connectivity index (χ0n) is 11.6. The molecule has 21 heavy (non-hydrogen) atoms. The highest BCUT2D eigenvalue weighted by molar-refractivity contribution is 5.95. The molecule has 0 fully saturated rings. The lowest BCUT2D eigenvalue weighted by molar-refractivity contribution is -0.145. The molecule has 0 heterocycles. The van der Waals surface area contributed by atoms with Crippen molar-refractivity contribution >= 4 is 23.7 Å². The van der Waals surface area contributed by atoms with Crippen molar-refractivity contribution in [2.75, 3.05) is 19.1 Å². The molecule has 0 unspecified atom stereocenters. The van der Waals surface area contributed by atoms with Crippen LogP contribution in [0, 0.1) is 0 Å². The molecule has 0 bridgehead atoms. The fourth-order valence-corrected chi connectivity index (χ4v) is 1.56. The highest BCUT2D eigenvalue weighted by Gasteiger charge is 2.24. The summed E-state index contributed by atoms with van der Waals surface area (Å²) in [6, 6.07) is 4.37. The number of rotatable bonds is 6. The molecule has 2 amide bonds. The third kappa shape index (κ3) is 4.68. The second-order valence-electron chi connectivity index (χ2n) is 4.20. The summed E-state index contributed by atoms with van der Waals surface area (Å²) in [6.45, 7) is 0. The van der Waals surface area contributed by atoms with Gasteiger partial charge in [-0.1, -0.05) is 6.07 Å². The molecule has 0 aliphatic heterocycles. The van der Waals surface area contributed by atoms with E-state index in [9.17, 15) is 14.4 Å². The van der Waals surface area contributed by atoms with Crippen molar-refractivity contribution < 1.29 is 29.3 Å². The molecule has 3 N–H and O–H groups in total. The van der Waals surface area contributed by atoms with Crippen LogP contribution in [-0.4, -0.2) is 48.4 Å². The molecule has 0 aliphatic rings. The summed E-state index contributed by atoms with van der Waals surface area (Å²) in [7, 11) is 2.91. The summed E-state index contributed by atoms with van der Waals surface area (Å²) in [5, 5.41) is 19.7. The van der Waals surface area contributed by atoms with Crippen LogP contribution in [-0.2, 0) is 9.59 Å². The lowest BCUT2D eigenvalue weighted by Crippen LogP contribution is -2.47. The SMILES string of the molecule is COc1cccc(N(C)C(=O)N[C@H](CC(=O)O)C(=O)O)c1. The molecule has 8 nitrogen and oxygen atoms in total. The van der Waals surface area contributed by atoms with Crippen LogP contribution in [0.3, 0.4) is 0 Å². The van der Waals surface area contributed by atoms with E-state index in [2.05, 4.69) is 5.32 Å². The van der Waals surface area contributed by atoms with Gasteiger partial charge in [0.25, 0.3) is 0 Å². The van der Waals surface area contributed by atoms with Crippen molar-refractivity contribution in [3.63, 3.8) is 0 Å². The highest BCUT2D eigenvalue weighted by atomic mass is 16.5. The van der Waals surface area contributed by atoms with Crippen LogP contribution < -0.4 is 15.0 Å². The minimum Gasteiger partial charge on any atom is -0.497 e. The number of carbonyl (C=O) groups is 3. The number of anilines is 1. The van der Waals surface area contributed by atoms with Gasteiger partial charge in [-0.25, -0.2) is 9.59 Å². The zero-order valence-corrected chi connectivity index (χ0v) is 11.6. The molecule has 0 saturated carbocycles. The van der Waals surface area contributed by atoms with Gasteiger partial charge in [-0.3, -0.25) is 9.69 Å². The average Bonchev–Trinajstić information content (AvgIpc) is 2.45. The van der Waals surface area contributed by atoms with Crippen LogP contribution in [0.2, 0.25) is 0 Å². The molecule has 114 valence electrons. The van der Waals surface area contributed by atoms with E-state index in [1.54, 1.807) is 24.3 Å². The predicted molar refractivity (Wildman–Crippen MR) is 73.6 cm³/mol. The third-order valence-corrected chi connectivity index (χ3v) is 2.72. The highest BCUT2D eigenvalue weighted by Crippen LogP contribution is 2.19. The fraction of sp³-hybridized carbons (Fsp3) is 0.308. The summed E-state index contributed by atoms with van der Waals surface area (Å²) in [5.41, 5.74) is 0.478. The molecule has 0 aliphatic carbocycles. The normalized spacial score (nSPS) is 11.3. The Morgan fingerprint density at radius 2 is 2.00 bits per heavy atom. The van der Waals surface area contributed by atoms with Gasteiger partial charge in [0.1, 0.15) is 11.8 Å². The number of urea groups is 1. The summed E-state index contributed by atoms with van der Waals surface area (Å²) >= 11 is 0. The number of hydrogen-bond donors (Lipinski definition) is 3. The van der Waals surface area contributed by atoms with Gasteiger partial charge in [-0.2, -0.15) is 0 Å². The lowest BCUT2D eigenvalue weighted by Gasteiger charge is -2.21. The standard InChI is InChI=1S/C13H16N2O6/c1-15(8-4-3-5-9(6-8)21-2)13(20)14-10(12(18)19)7-11(16)17/h3-6,10H,7H2,1-2H3,(H,14,20)(H,16,17)(H,18,19)/t10-/m1/s1. The Bertz CT molecular complexity index is 545. The van der Waals surface area contributed by atoms with Gasteiger partial charge >= 0.3 is 18.0 Å². The van der Waals surface area contributed by atoms with Gasteiger partial charge in [0.2, 0.25) is 0 Å². The van der Waals surface area contributed by atoms with Gasteiger partial charge in [-0.05, 0) is 12.1 Å². The van der Waals surface area contributed by atoms with Crippen LogP contribution >= 0.6 is 0 Å². The quantitative estimate of drug-likeness (QED) is 0.714. The zero-order chi connectivity index (χ0) is 16.0. The van der Waals surface area contributed by atoms with E-state index in [4.69, 9.17) is 14.9 Å². The number of ether oxygens (including phenoxy) is 1. The van der Waals surface area contributed by atoms with Crippen molar-refractivity contribution in [1.29, 1.82) is 0 Å². The van der Waals surface area contributed by atoms with Crippen LogP contribution in [0.15, 0.2) is 24.3 Å². The number of hydrogen-bond acceptors (Lipinski definition) is 4. The summed E-state index contributed by atoms with van der Waals surface area (Å²) in [4.78, 5) is 34.6. The van der Waals surface area contributed by atoms with E-state index in [1.807, 2.05) is 0 Å². The second kappa shape index (κ2) is 7.13. The number of carboxylic acids is 2. The molecule has 8 heteroatoms. The third-order valence-electron chi connectivity index (χ3n) is 2.72. The van der Waals surface area contributed by atoms with Crippen LogP contribution in [0.5, 0.6) is 5.75 Å². The molecule has 1 atom stereocenters. The Labute approximate surface area is 120 Å². The van der Waals surface area contributed by atoms with Crippen molar-refractivity contribution in [2.45, 2.75) is 12.5 Å². The molecule has 0 radical (unpaired) electrons. The molecule has 1 aromatic carbocycles. The molecule has 0 spiro atoms.